The minimum atomic E-state index is -3.74. The average Bonchev–Trinajstić information content (AvgIpc) is 2.91. The van der Waals surface area contributed by atoms with Crippen LogP contribution in [0.4, 0.5) is 0 Å². The molecule has 4 aromatic rings. The normalized spacial score (nSPS) is 13.0. The van der Waals surface area contributed by atoms with Crippen LogP contribution in [0.2, 0.25) is 0 Å². The lowest BCUT2D eigenvalue weighted by molar-refractivity contribution is 0.596. The molecule has 0 saturated carbocycles. The van der Waals surface area contributed by atoms with Crippen molar-refractivity contribution in [2.75, 3.05) is 0 Å². The number of fused-ring (bicyclic) bond motifs is 3. The molecule has 126 valence electrons. The van der Waals surface area contributed by atoms with Crippen molar-refractivity contribution in [2.24, 2.45) is 11.4 Å². The molecule has 0 amide bonds. The van der Waals surface area contributed by atoms with Crippen LogP contribution in [-0.2, 0) is 17.1 Å². The number of rotatable bonds is 2. The summed E-state index contributed by atoms with van der Waals surface area (Å²) in [7, 11) is -1.89. The summed E-state index contributed by atoms with van der Waals surface area (Å²) in [5.74, 6) is 0. The van der Waals surface area contributed by atoms with E-state index in [1.165, 1.54) is 11.3 Å². The number of aryl methyl sites for hydroxylation is 2. The Balaban J connectivity index is 1.97. The number of benzene rings is 3. The van der Waals surface area contributed by atoms with E-state index in [0.717, 1.165) is 26.6 Å². The van der Waals surface area contributed by atoms with Gasteiger partial charge in [0.25, 0.3) is 10.0 Å². The summed E-state index contributed by atoms with van der Waals surface area (Å²) in [5, 5.41) is 2.24. The Kier molecular flexibility index (Phi) is 3.74. The summed E-state index contributed by atoms with van der Waals surface area (Å²) >= 11 is 1.40. The van der Waals surface area contributed by atoms with Crippen LogP contribution < -0.4 is 4.80 Å². The smallest absolute Gasteiger partial charge is 0.285 e. The lowest BCUT2D eigenvalue weighted by atomic mass is 10.1. The number of hydrogen-bond acceptors (Lipinski definition) is 3. The lowest BCUT2D eigenvalue weighted by Crippen LogP contribution is -2.13. The van der Waals surface area contributed by atoms with E-state index in [4.69, 9.17) is 0 Å². The van der Waals surface area contributed by atoms with Crippen LogP contribution in [0.1, 0.15) is 5.56 Å². The predicted octanol–water partition coefficient (Wildman–Crippen LogP) is 3.99. The topological polar surface area (TPSA) is 51.4 Å². The first kappa shape index (κ1) is 16.1. The highest BCUT2D eigenvalue weighted by atomic mass is 32.2. The molecule has 0 aliphatic rings. The Morgan fingerprint density at radius 1 is 0.960 bits per heavy atom. The predicted molar refractivity (Wildman–Crippen MR) is 102 cm³/mol. The Morgan fingerprint density at radius 2 is 1.68 bits per heavy atom. The van der Waals surface area contributed by atoms with Crippen molar-refractivity contribution in [3.8, 4) is 0 Å². The van der Waals surface area contributed by atoms with E-state index >= 15 is 0 Å². The lowest BCUT2D eigenvalue weighted by Gasteiger charge is -2.00. The van der Waals surface area contributed by atoms with Gasteiger partial charge in [-0.1, -0.05) is 59.4 Å². The van der Waals surface area contributed by atoms with E-state index in [0.29, 0.717) is 4.80 Å². The standard InChI is InChI=1S/C19H16N2O2S2/c1-13-7-10-15(11-8-13)25(22,23)20-19-21(2)17-12-9-14-5-3-4-6-16(14)18(17)24-19/h3-12H,1-2H3/b20-19+. The quantitative estimate of drug-likeness (QED) is 0.537. The minimum absolute atomic E-state index is 0.209. The summed E-state index contributed by atoms with van der Waals surface area (Å²) in [6.07, 6.45) is 0. The van der Waals surface area contributed by atoms with Crippen LogP contribution in [0.25, 0.3) is 21.0 Å². The summed E-state index contributed by atoms with van der Waals surface area (Å²) in [6.45, 7) is 1.92. The number of thiazole rings is 1. The molecule has 25 heavy (non-hydrogen) atoms. The fourth-order valence-electron chi connectivity index (χ4n) is 2.81. The fourth-order valence-corrected chi connectivity index (χ4v) is 5.19. The molecule has 4 nitrogen and oxygen atoms in total. The molecule has 0 aliphatic heterocycles. The summed E-state index contributed by atoms with van der Waals surface area (Å²) in [4.78, 5) is 0.673. The van der Waals surface area contributed by atoms with Crippen LogP contribution >= 0.6 is 11.3 Å². The molecule has 1 aromatic heterocycles. The highest BCUT2D eigenvalue weighted by molar-refractivity contribution is 7.90. The van der Waals surface area contributed by atoms with Gasteiger partial charge >= 0.3 is 0 Å². The molecule has 3 aromatic carbocycles. The molecule has 0 fully saturated rings. The second-order valence-corrected chi connectivity index (χ2v) is 8.54. The zero-order valence-corrected chi connectivity index (χ0v) is 15.4. The molecule has 6 heteroatoms. The molecular weight excluding hydrogens is 352 g/mol. The Morgan fingerprint density at radius 3 is 2.44 bits per heavy atom. The van der Waals surface area contributed by atoms with Crippen LogP contribution in [0.3, 0.4) is 0 Å². The summed E-state index contributed by atoms with van der Waals surface area (Å²) in [5.41, 5.74) is 1.99. The molecule has 0 radical (unpaired) electrons. The number of hydrogen-bond donors (Lipinski definition) is 0. The summed E-state index contributed by atoms with van der Waals surface area (Å²) < 4.78 is 32.2. The molecular formula is C19H16N2O2S2. The van der Waals surface area contributed by atoms with Crippen molar-refractivity contribution >= 4 is 42.3 Å². The van der Waals surface area contributed by atoms with Crippen LogP contribution in [-0.4, -0.2) is 13.0 Å². The van der Waals surface area contributed by atoms with Gasteiger partial charge in [0, 0.05) is 12.4 Å². The molecule has 0 aliphatic carbocycles. The number of sulfonamides is 1. The van der Waals surface area contributed by atoms with E-state index < -0.39 is 10.0 Å². The van der Waals surface area contributed by atoms with Gasteiger partial charge in [-0.3, -0.25) is 0 Å². The van der Waals surface area contributed by atoms with Crippen molar-refractivity contribution in [3.63, 3.8) is 0 Å². The molecule has 0 N–H and O–H groups in total. The van der Waals surface area contributed by atoms with Gasteiger partial charge in [-0.05, 0) is 30.5 Å². The Hall–Kier alpha value is -2.44. The zero-order valence-electron chi connectivity index (χ0n) is 13.8. The van der Waals surface area contributed by atoms with Gasteiger partial charge in [0.15, 0.2) is 0 Å². The highest BCUT2D eigenvalue weighted by Crippen LogP contribution is 2.27. The van der Waals surface area contributed by atoms with E-state index in [1.807, 2.05) is 54.9 Å². The SMILES string of the molecule is Cc1ccc(S(=O)(=O)/N=c2/sc3c4ccccc4ccc3n2C)cc1. The molecule has 0 bridgehead atoms. The molecule has 0 unspecified atom stereocenters. The molecule has 0 atom stereocenters. The third kappa shape index (κ3) is 2.77. The van der Waals surface area contributed by atoms with Gasteiger partial charge in [0.1, 0.15) is 0 Å². The molecule has 4 rings (SSSR count). The number of nitrogens with zero attached hydrogens (tertiary/aromatic N) is 2. The minimum Gasteiger partial charge on any atom is -0.319 e. The van der Waals surface area contributed by atoms with Gasteiger partial charge in [-0.25, -0.2) is 0 Å². The Bertz CT molecular complexity index is 1260. The van der Waals surface area contributed by atoms with Crippen LogP contribution in [0, 0.1) is 6.92 Å². The van der Waals surface area contributed by atoms with E-state index in [-0.39, 0.29) is 4.90 Å². The molecule has 0 spiro atoms. The maximum Gasteiger partial charge on any atom is 0.285 e. The molecule has 1 heterocycles. The van der Waals surface area contributed by atoms with Gasteiger partial charge in [0.2, 0.25) is 4.80 Å². The number of aromatic nitrogens is 1. The third-order valence-corrected chi connectivity index (χ3v) is 6.80. The highest BCUT2D eigenvalue weighted by Gasteiger charge is 2.14. The maximum atomic E-state index is 12.6. The van der Waals surface area contributed by atoms with Gasteiger partial charge < -0.3 is 4.57 Å². The van der Waals surface area contributed by atoms with Crippen molar-refractivity contribution in [3.05, 3.63) is 71.0 Å². The maximum absolute atomic E-state index is 12.6. The molecule has 0 saturated heterocycles. The Labute approximate surface area is 149 Å². The van der Waals surface area contributed by atoms with E-state index in [1.54, 1.807) is 24.3 Å². The fraction of sp³-hybridized carbons (Fsp3) is 0.105. The van der Waals surface area contributed by atoms with Gasteiger partial charge in [0.05, 0.1) is 15.1 Å². The van der Waals surface area contributed by atoms with Crippen LogP contribution in [0.5, 0.6) is 0 Å². The van der Waals surface area contributed by atoms with E-state index in [2.05, 4.69) is 4.40 Å². The van der Waals surface area contributed by atoms with Crippen molar-refractivity contribution < 1.29 is 8.42 Å². The second-order valence-electron chi connectivity index (χ2n) is 5.96. The first-order valence-corrected chi connectivity index (χ1v) is 10.1. The van der Waals surface area contributed by atoms with Crippen LogP contribution in [0.15, 0.2) is 70.0 Å². The van der Waals surface area contributed by atoms with Gasteiger partial charge in [-0.2, -0.15) is 8.42 Å². The zero-order chi connectivity index (χ0) is 17.6. The largest absolute Gasteiger partial charge is 0.319 e. The van der Waals surface area contributed by atoms with Gasteiger partial charge in [-0.15, -0.1) is 4.40 Å². The first-order chi connectivity index (χ1) is 12.0. The summed E-state index contributed by atoms with van der Waals surface area (Å²) in [6, 6.07) is 18.9. The second kappa shape index (κ2) is 5.82. The van der Waals surface area contributed by atoms with Crippen molar-refractivity contribution in [1.29, 1.82) is 0 Å². The first-order valence-electron chi connectivity index (χ1n) is 7.81. The van der Waals surface area contributed by atoms with E-state index in [9.17, 15) is 8.42 Å². The average molecular weight is 368 g/mol. The third-order valence-electron chi connectivity index (χ3n) is 4.22. The van der Waals surface area contributed by atoms with Crippen molar-refractivity contribution in [1.82, 2.24) is 4.57 Å². The monoisotopic (exact) mass is 368 g/mol. The van der Waals surface area contributed by atoms with Crippen molar-refractivity contribution in [2.45, 2.75) is 11.8 Å².